The predicted molar refractivity (Wildman–Crippen MR) is 71.5 cm³/mol. The lowest BCUT2D eigenvalue weighted by molar-refractivity contribution is 0.0667. The molecule has 0 aromatic heterocycles. The third kappa shape index (κ3) is 3.20. The molecule has 1 aliphatic rings. The average molecular weight is 262 g/mol. The fourth-order valence-electron chi connectivity index (χ4n) is 2.21. The molecule has 0 bridgehead atoms. The Labute approximate surface area is 106 Å². The summed E-state index contributed by atoms with van der Waals surface area (Å²) in [6.07, 6.45) is 2.22. The minimum Gasteiger partial charge on any atom is -0.297 e. The predicted octanol–water partition coefficient (Wildman–Crippen LogP) is 1.39. The second-order valence-electron chi connectivity index (χ2n) is 5.98. The maximum atomic E-state index is 11.5. The largest absolute Gasteiger partial charge is 0.297 e. The highest BCUT2D eigenvalue weighted by molar-refractivity contribution is 7.88. The van der Waals surface area contributed by atoms with E-state index in [1.54, 1.807) is 4.31 Å². The molecule has 0 aliphatic carbocycles. The molecular weight excluding hydrogens is 236 g/mol. The summed E-state index contributed by atoms with van der Waals surface area (Å²) in [5, 5.41) is 0. The van der Waals surface area contributed by atoms with Crippen LogP contribution in [-0.2, 0) is 10.0 Å². The zero-order valence-electron chi connectivity index (χ0n) is 11.9. The van der Waals surface area contributed by atoms with E-state index in [9.17, 15) is 8.42 Å². The summed E-state index contributed by atoms with van der Waals surface area (Å²) in [6, 6.07) is 0.335. The minimum absolute atomic E-state index is 0.0954. The maximum Gasteiger partial charge on any atom is 0.211 e. The molecule has 0 saturated carbocycles. The van der Waals surface area contributed by atoms with Crippen molar-refractivity contribution in [2.24, 2.45) is 5.92 Å². The lowest BCUT2D eigenvalue weighted by Gasteiger charge is -2.42. The van der Waals surface area contributed by atoms with Crippen LogP contribution in [0, 0.1) is 5.92 Å². The highest BCUT2D eigenvalue weighted by atomic mass is 32.2. The van der Waals surface area contributed by atoms with Gasteiger partial charge in [0.2, 0.25) is 10.0 Å². The molecular formula is C12H26N2O2S. The van der Waals surface area contributed by atoms with Crippen LogP contribution < -0.4 is 0 Å². The molecule has 1 fully saturated rings. The number of likely N-dealkylation sites (N-methyl/N-ethyl adjacent to an activating group) is 1. The number of rotatable bonds is 4. The Morgan fingerprint density at radius 2 is 1.88 bits per heavy atom. The second-order valence-corrected chi connectivity index (χ2v) is 7.97. The van der Waals surface area contributed by atoms with E-state index in [0.29, 0.717) is 25.0 Å². The standard InChI is InChI=1S/C12H26N2O2S/c1-10(2)12(3,4)13(5)11-7-8-14(9-11)17(6,15)16/h10-11H,7-9H2,1-6H3/t11-/m0/s1. The Balaban J connectivity index is 2.72. The average Bonchev–Trinajstić information content (AvgIpc) is 2.63. The number of hydrogen-bond acceptors (Lipinski definition) is 3. The highest BCUT2D eigenvalue weighted by Crippen LogP contribution is 2.28. The van der Waals surface area contributed by atoms with Crippen LogP contribution >= 0.6 is 0 Å². The molecule has 0 spiro atoms. The second kappa shape index (κ2) is 4.86. The fraction of sp³-hybridized carbons (Fsp3) is 1.00. The molecule has 1 saturated heterocycles. The summed E-state index contributed by atoms with van der Waals surface area (Å²) in [5.74, 6) is 0.541. The van der Waals surface area contributed by atoms with E-state index in [1.165, 1.54) is 6.26 Å². The van der Waals surface area contributed by atoms with E-state index < -0.39 is 10.0 Å². The van der Waals surface area contributed by atoms with Gasteiger partial charge in [-0.05, 0) is 33.2 Å². The van der Waals surface area contributed by atoms with Crippen molar-refractivity contribution in [1.29, 1.82) is 0 Å². The van der Waals surface area contributed by atoms with Crippen LogP contribution in [0.5, 0.6) is 0 Å². The van der Waals surface area contributed by atoms with Gasteiger partial charge in [-0.3, -0.25) is 4.90 Å². The van der Waals surface area contributed by atoms with Gasteiger partial charge in [0.25, 0.3) is 0 Å². The van der Waals surface area contributed by atoms with Crippen LogP contribution in [0.2, 0.25) is 0 Å². The van der Waals surface area contributed by atoms with Gasteiger partial charge in [0, 0.05) is 24.7 Å². The SMILES string of the molecule is CC(C)C(C)(C)N(C)[C@H]1CCN(S(C)(=O)=O)C1. The Bertz CT molecular complexity index is 363. The van der Waals surface area contributed by atoms with Crippen molar-refractivity contribution in [3.63, 3.8) is 0 Å². The first-order valence-electron chi connectivity index (χ1n) is 6.25. The first kappa shape index (κ1) is 14.9. The van der Waals surface area contributed by atoms with E-state index in [1.807, 2.05) is 0 Å². The first-order chi connectivity index (χ1) is 7.56. The molecule has 0 amide bonds. The van der Waals surface area contributed by atoms with Gasteiger partial charge in [-0.25, -0.2) is 12.7 Å². The van der Waals surface area contributed by atoms with Gasteiger partial charge in [0.15, 0.2) is 0 Å². The van der Waals surface area contributed by atoms with Gasteiger partial charge in [0.1, 0.15) is 0 Å². The molecule has 0 N–H and O–H groups in total. The smallest absolute Gasteiger partial charge is 0.211 e. The van der Waals surface area contributed by atoms with Gasteiger partial charge < -0.3 is 0 Å². The quantitative estimate of drug-likeness (QED) is 0.768. The first-order valence-corrected chi connectivity index (χ1v) is 8.09. The van der Waals surface area contributed by atoms with Gasteiger partial charge in [-0.1, -0.05) is 13.8 Å². The van der Waals surface area contributed by atoms with Gasteiger partial charge in [-0.2, -0.15) is 0 Å². The molecule has 102 valence electrons. The van der Waals surface area contributed by atoms with Gasteiger partial charge in [-0.15, -0.1) is 0 Å². The van der Waals surface area contributed by atoms with Crippen LogP contribution in [0.4, 0.5) is 0 Å². The molecule has 0 aromatic carbocycles. The Kier molecular flexibility index (Phi) is 4.27. The van der Waals surface area contributed by atoms with E-state index in [2.05, 4.69) is 39.6 Å². The highest BCUT2D eigenvalue weighted by Gasteiger charge is 2.37. The minimum atomic E-state index is -3.03. The van der Waals surface area contributed by atoms with Crippen molar-refractivity contribution in [2.75, 3.05) is 26.4 Å². The zero-order chi connectivity index (χ0) is 13.4. The monoisotopic (exact) mass is 262 g/mol. The van der Waals surface area contributed by atoms with Crippen molar-refractivity contribution in [2.45, 2.75) is 45.7 Å². The molecule has 17 heavy (non-hydrogen) atoms. The van der Waals surface area contributed by atoms with Crippen LogP contribution in [0.15, 0.2) is 0 Å². The molecule has 4 nitrogen and oxygen atoms in total. The van der Waals surface area contributed by atoms with Crippen molar-refractivity contribution < 1.29 is 8.42 Å². The van der Waals surface area contributed by atoms with Gasteiger partial charge >= 0.3 is 0 Å². The molecule has 1 aliphatic heterocycles. The topological polar surface area (TPSA) is 40.6 Å². The van der Waals surface area contributed by atoms with E-state index in [-0.39, 0.29) is 5.54 Å². The maximum absolute atomic E-state index is 11.5. The molecule has 1 atom stereocenters. The zero-order valence-corrected chi connectivity index (χ0v) is 12.7. The lowest BCUT2D eigenvalue weighted by Crippen LogP contribution is -2.51. The fourth-order valence-corrected chi connectivity index (χ4v) is 3.09. The van der Waals surface area contributed by atoms with E-state index in [0.717, 1.165) is 6.42 Å². The van der Waals surface area contributed by atoms with Crippen LogP contribution in [0.25, 0.3) is 0 Å². The Morgan fingerprint density at radius 3 is 2.24 bits per heavy atom. The molecule has 0 aromatic rings. The molecule has 0 unspecified atom stereocenters. The van der Waals surface area contributed by atoms with Crippen molar-refractivity contribution in [3.05, 3.63) is 0 Å². The lowest BCUT2D eigenvalue weighted by atomic mass is 9.88. The summed E-state index contributed by atoms with van der Waals surface area (Å²) in [5.41, 5.74) is 0.0954. The third-order valence-corrected chi connectivity index (χ3v) is 5.73. The van der Waals surface area contributed by atoms with E-state index >= 15 is 0 Å². The Morgan fingerprint density at radius 1 is 1.35 bits per heavy atom. The van der Waals surface area contributed by atoms with Crippen molar-refractivity contribution in [1.82, 2.24) is 9.21 Å². The summed E-state index contributed by atoms with van der Waals surface area (Å²) in [6.45, 7) is 10.1. The third-order valence-electron chi connectivity index (χ3n) is 4.46. The molecule has 0 radical (unpaired) electrons. The number of sulfonamides is 1. The summed E-state index contributed by atoms with van der Waals surface area (Å²) in [7, 11) is -0.920. The van der Waals surface area contributed by atoms with Crippen LogP contribution in [0.1, 0.15) is 34.1 Å². The molecule has 5 heteroatoms. The van der Waals surface area contributed by atoms with Crippen molar-refractivity contribution in [3.8, 4) is 0 Å². The molecule has 1 rings (SSSR count). The summed E-state index contributed by atoms with van der Waals surface area (Å²) < 4.78 is 24.6. The van der Waals surface area contributed by atoms with Crippen molar-refractivity contribution >= 4 is 10.0 Å². The normalized spacial score (nSPS) is 23.9. The van der Waals surface area contributed by atoms with Crippen LogP contribution in [0.3, 0.4) is 0 Å². The number of hydrogen-bond donors (Lipinski definition) is 0. The van der Waals surface area contributed by atoms with Crippen LogP contribution in [-0.4, -0.2) is 55.6 Å². The Hall–Kier alpha value is -0.130. The number of nitrogens with zero attached hydrogens (tertiary/aromatic N) is 2. The summed E-state index contributed by atoms with van der Waals surface area (Å²) in [4.78, 5) is 2.34. The summed E-state index contributed by atoms with van der Waals surface area (Å²) >= 11 is 0. The van der Waals surface area contributed by atoms with Gasteiger partial charge in [0.05, 0.1) is 6.26 Å². The van der Waals surface area contributed by atoms with E-state index in [4.69, 9.17) is 0 Å². The molecule has 1 heterocycles.